The highest BCUT2D eigenvalue weighted by Gasteiger charge is 2.32. The maximum absolute atomic E-state index is 16.7. The summed E-state index contributed by atoms with van der Waals surface area (Å²) < 4.78 is 37.5. The van der Waals surface area contributed by atoms with E-state index in [1.54, 1.807) is 26.9 Å². The second-order valence-electron chi connectivity index (χ2n) is 13.6. The monoisotopic (exact) mass is 686 g/mol. The lowest BCUT2D eigenvalue weighted by Crippen LogP contribution is -2.49. The van der Waals surface area contributed by atoms with Gasteiger partial charge in [0, 0.05) is 68.9 Å². The van der Waals surface area contributed by atoms with Gasteiger partial charge in [0.1, 0.15) is 11.5 Å². The molecule has 1 aromatic carbocycles. The highest BCUT2D eigenvalue weighted by atomic mass is 19.1. The molecular weight excluding hydrogens is 642 g/mol. The zero-order valence-corrected chi connectivity index (χ0v) is 28.7. The number of ether oxygens (including phenoxy) is 1. The normalized spacial score (nSPS) is 19.9. The van der Waals surface area contributed by atoms with Gasteiger partial charge in [-0.1, -0.05) is 37.5 Å². The average Bonchev–Trinajstić information content (AvgIpc) is 3.85. The Morgan fingerprint density at radius 2 is 1.86 bits per heavy atom. The van der Waals surface area contributed by atoms with Crippen LogP contribution in [0.2, 0.25) is 0 Å². The standard InChI is InChI=1S/C37H44F2N8O3/c1-3-24-7-4-5-9-27(24)29-20-28(25-8-6-12-46(23-25)33(48)10-13-47-14-11-41-43-47)34(39)35-30(29)21-31(42-35)37(49)45-17-15-44(16-18-45)36-32(50-2)19-26(38)22-40-36/h8,11,14,19-22,24,27,42H,3-7,9-10,12-13,15-18,23H2,1-2H3/t24?,27-/m1/s1. The van der Waals surface area contributed by atoms with Gasteiger partial charge in [0.2, 0.25) is 5.91 Å². The Hall–Kier alpha value is -4.81. The average molecular weight is 687 g/mol. The van der Waals surface area contributed by atoms with Gasteiger partial charge in [-0.15, -0.1) is 5.10 Å². The third-order valence-corrected chi connectivity index (χ3v) is 10.7. The summed E-state index contributed by atoms with van der Waals surface area (Å²) in [4.78, 5) is 40.1. The third kappa shape index (κ3) is 6.69. The number of aromatic nitrogens is 5. The lowest BCUT2D eigenvalue weighted by atomic mass is 9.73. The minimum absolute atomic E-state index is 0.00681. The van der Waals surface area contributed by atoms with Gasteiger partial charge in [0.15, 0.2) is 17.4 Å². The van der Waals surface area contributed by atoms with Crippen molar-refractivity contribution in [3.8, 4) is 5.75 Å². The maximum atomic E-state index is 16.7. The van der Waals surface area contributed by atoms with E-state index in [0.29, 0.717) is 86.5 Å². The third-order valence-electron chi connectivity index (χ3n) is 10.7. The first-order chi connectivity index (χ1) is 24.3. The number of halogens is 2. The summed E-state index contributed by atoms with van der Waals surface area (Å²) in [6.45, 7) is 5.39. The number of rotatable bonds is 9. The Morgan fingerprint density at radius 3 is 2.62 bits per heavy atom. The van der Waals surface area contributed by atoms with Crippen LogP contribution >= 0.6 is 0 Å². The number of carbonyl (C=O) groups excluding carboxylic acids is 2. The molecule has 3 aliphatic rings. The lowest BCUT2D eigenvalue weighted by Gasteiger charge is -2.35. The first-order valence-electron chi connectivity index (χ1n) is 17.7. The molecular formula is C37H44F2N8O3. The van der Waals surface area contributed by atoms with Crippen LogP contribution in [-0.4, -0.2) is 93.0 Å². The van der Waals surface area contributed by atoms with Crippen LogP contribution in [-0.2, 0) is 11.3 Å². The summed E-state index contributed by atoms with van der Waals surface area (Å²) in [7, 11) is 1.48. The molecule has 3 aromatic heterocycles. The number of methoxy groups -OCH3 is 1. The van der Waals surface area contributed by atoms with Crippen LogP contribution in [0, 0.1) is 17.6 Å². The molecule has 1 unspecified atom stereocenters. The number of pyridine rings is 1. The van der Waals surface area contributed by atoms with Crippen LogP contribution in [0.3, 0.4) is 0 Å². The van der Waals surface area contributed by atoms with E-state index in [1.165, 1.54) is 19.6 Å². The van der Waals surface area contributed by atoms with Crippen molar-refractivity contribution in [1.29, 1.82) is 0 Å². The summed E-state index contributed by atoms with van der Waals surface area (Å²) in [5.74, 6) is 0.540. The van der Waals surface area contributed by atoms with Crippen molar-refractivity contribution < 1.29 is 23.1 Å². The number of fused-ring (bicyclic) bond motifs is 1. The Balaban J connectivity index is 1.16. The first-order valence-corrected chi connectivity index (χ1v) is 17.7. The molecule has 1 N–H and O–H groups in total. The SMILES string of the molecule is CCC1CCCC[C@H]1c1cc(C2=CCCN(C(=O)CCn3ccnn3)C2)c(F)c2[nH]c(C(=O)N3CCN(c4ncc(F)cc4OC)CC3)cc12. The largest absolute Gasteiger partial charge is 0.493 e. The molecule has 11 nitrogen and oxygen atoms in total. The molecule has 4 aromatic rings. The highest BCUT2D eigenvalue weighted by Crippen LogP contribution is 2.44. The van der Waals surface area contributed by atoms with E-state index < -0.39 is 11.6 Å². The minimum atomic E-state index is -0.476. The Bertz CT molecular complexity index is 1880. The predicted molar refractivity (Wildman–Crippen MR) is 186 cm³/mol. The van der Waals surface area contributed by atoms with Gasteiger partial charge in [-0.05, 0) is 54.4 Å². The number of hydrogen-bond acceptors (Lipinski definition) is 7. The molecule has 1 saturated heterocycles. The quantitative estimate of drug-likeness (QED) is 0.237. The fourth-order valence-corrected chi connectivity index (χ4v) is 8.01. The number of nitrogens with zero attached hydrogens (tertiary/aromatic N) is 7. The summed E-state index contributed by atoms with van der Waals surface area (Å²) in [6, 6.07) is 5.16. The van der Waals surface area contributed by atoms with E-state index in [1.807, 2.05) is 23.1 Å². The van der Waals surface area contributed by atoms with Crippen LogP contribution in [0.1, 0.15) is 79.4 Å². The molecule has 1 aliphatic carbocycles. The molecule has 2 atom stereocenters. The fourth-order valence-electron chi connectivity index (χ4n) is 8.01. The summed E-state index contributed by atoms with van der Waals surface area (Å²) in [5.41, 5.74) is 3.06. The van der Waals surface area contributed by atoms with Crippen molar-refractivity contribution in [2.45, 2.75) is 64.3 Å². The molecule has 50 heavy (non-hydrogen) atoms. The van der Waals surface area contributed by atoms with Gasteiger partial charge >= 0.3 is 0 Å². The van der Waals surface area contributed by atoms with E-state index in [0.717, 1.165) is 48.4 Å². The van der Waals surface area contributed by atoms with E-state index >= 15 is 4.39 Å². The van der Waals surface area contributed by atoms with E-state index in [-0.39, 0.29) is 24.2 Å². The number of aromatic amines is 1. The van der Waals surface area contributed by atoms with Crippen LogP contribution in [0.15, 0.2) is 42.9 Å². The number of nitrogens with one attached hydrogen (secondary N) is 1. The number of piperazine rings is 1. The molecule has 2 amide bonds. The number of H-pyrrole nitrogens is 1. The smallest absolute Gasteiger partial charge is 0.270 e. The second-order valence-corrected chi connectivity index (χ2v) is 13.6. The molecule has 2 aliphatic heterocycles. The number of amides is 2. The Kier molecular flexibility index (Phi) is 9.82. The number of aryl methyl sites for hydroxylation is 1. The van der Waals surface area contributed by atoms with E-state index in [2.05, 4.69) is 27.2 Å². The number of hydrogen-bond donors (Lipinski definition) is 1. The lowest BCUT2D eigenvalue weighted by molar-refractivity contribution is -0.131. The van der Waals surface area contributed by atoms with Crippen molar-refractivity contribution in [3.63, 3.8) is 0 Å². The van der Waals surface area contributed by atoms with E-state index in [4.69, 9.17) is 4.74 Å². The molecule has 0 spiro atoms. The molecule has 0 radical (unpaired) electrons. The van der Waals surface area contributed by atoms with Gasteiger partial charge in [-0.2, -0.15) is 0 Å². The molecule has 13 heteroatoms. The Labute approximate surface area is 290 Å². The topological polar surface area (TPSA) is 112 Å². The van der Waals surface area contributed by atoms with Crippen LogP contribution in [0.4, 0.5) is 14.6 Å². The highest BCUT2D eigenvalue weighted by molar-refractivity contribution is 6.00. The molecule has 2 fully saturated rings. The Morgan fingerprint density at radius 1 is 1.04 bits per heavy atom. The molecule has 0 bridgehead atoms. The minimum Gasteiger partial charge on any atom is -0.493 e. The predicted octanol–water partition coefficient (Wildman–Crippen LogP) is 5.79. The van der Waals surface area contributed by atoms with Gasteiger partial charge in [0.25, 0.3) is 5.91 Å². The van der Waals surface area contributed by atoms with Crippen molar-refractivity contribution >= 4 is 34.1 Å². The summed E-state index contributed by atoms with van der Waals surface area (Å²) in [5, 5.41) is 8.53. The maximum Gasteiger partial charge on any atom is 0.270 e. The summed E-state index contributed by atoms with van der Waals surface area (Å²) in [6.07, 6.45) is 12.9. The molecule has 1 saturated carbocycles. The first kappa shape index (κ1) is 33.7. The zero-order valence-electron chi connectivity index (χ0n) is 28.7. The number of carbonyl (C=O) groups is 2. The van der Waals surface area contributed by atoms with E-state index in [9.17, 15) is 14.0 Å². The van der Waals surface area contributed by atoms with Gasteiger partial charge in [-0.3, -0.25) is 14.3 Å². The van der Waals surface area contributed by atoms with Crippen LogP contribution in [0.5, 0.6) is 5.75 Å². The number of anilines is 1. The van der Waals surface area contributed by atoms with Crippen LogP contribution in [0.25, 0.3) is 16.5 Å². The summed E-state index contributed by atoms with van der Waals surface area (Å²) >= 11 is 0. The van der Waals surface area contributed by atoms with Gasteiger partial charge in [-0.25, -0.2) is 13.8 Å². The fraction of sp³-hybridized carbons (Fsp3) is 0.486. The zero-order chi connectivity index (χ0) is 34.8. The van der Waals surface area contributed by atoms with Crippen LogP contribution < -0.4 is 9.64 Å². The van der Waals surface area contributed by atoms with Gasteiger partial charge in [0.05, 0.1) is 31.6 Å². The molecule has 5 heterocycles. The van der Waals surface area contributed by atoms with Crippen molar-refractivity contribution in [2.75, 3.05) is 51.3 Å². The second kappa shape index (κ2) is 14.6. The van der Waals surface area contributed by atoms with Crippen molar-refractivity contribution in [2.24, 2.45) is 5.92 Å². The number of benzene rings is 1. The van der Waals surface area contributed by atoms with Crippen molar-refractivity contribution in [1.82, 2.24) is 34.8 Å². The molecule has 264 valence electrons. The van der Waals surface area contributed by atoms with Gasteiger partial charge < -0.3 is 24.4 Å². The molecule has 7 rings (SSSR count). The van der Waals surface area contributed by atoms with Crippen molar-refractivity contribution in [3.05, 3.63) is 71.3 Å².